The lowest BCUT2D eigenvalue weighted by atomic mass is 9.94. The van der Waals surface area contributed by atoms with Gasteiger partial charge >= 0.3 is 6.09 Å². The number of hydrogen-bond donors (Lipinski definition) is 5. The maximum absolute atomic E-state index is 13.4. The highest BCUT2D eigenvalue weighted by Crippen LogP contribution is 2.37. The first-order valence-electron chi connectivity index (χ1n) is 12.1. The van der Waals surface area contributed by atoms with Crippen molar-refractivity contribution in [3.05, 3.63) is 28.7 Å². The second-order valence-electron chi connectivity index (χ2n) is 10.4. The molecule has 0 bridgehead atoms. The fraction of sp³-hybridized carbons (Fsp3) is 0.625. The van der Waals surface area contributed by atoms with Gasteiger partial charge in [-0.3, -0.25) is 24.5 Å². The second-order valence-corrected chi connectivity index (χ2v) is 10.4. The Bertz CT molecular complexity index is 1060. The number of carbonyl (C=O) groups excluding carboxylic acids is 4. The third-order valence-electron chi connectivity index (χ3n) is 6.20. The van der Waals surface area contributed by atoms with Gasteiger partial charge < -0.3 is 30.8 Å². The van der Waals surface area contributed by atoms with Gasteiger partial charge in [0.15, 0.2) is 6.10 Å². The number of primary amides is 1. The molecule has 1 aliphatic carbocycles. The van der Waals surface area contributed by atoms with E-state index in [0.717, 1.165) is 12.8 Å². The summed E-state index contributed by atoms with van der Waals surface area (Å²) in [5, 5.41) is 18.1. The predicted octanol–water partition coefficient (Wildman–Crippen LogP) is 0.394. The highest BCUT2D eigenvalue weighted by atomic mass is 16.6. The van der Waals surface area contributed by atoms with Gasteiger partial charge in [-0.05, 0) is 58.1 Å². The van der Waals surface area contributed by atoms with E-state index in [1.54, 1.807) is 20.8 Å². The number of anilines is 1. The molecule has 1 aromatic rings. The van der Waals surface area contributed by atoms with Gasteiger partial charge in [-0.25, -0.2) is 4.79 Å². The van der Waals surface area contributed by atoms with Crippen LogP contribution >= 0.6 is 0 Å². The molecule has 4 atom stereocenters. The van der Waals surface area contributed by atoms with E-state index in [2.05, 4.69) is 16.0 Å². The average Bonchev–Trinajstić information content (AvgIpc) is 3.51. The van der Waals surface area contributed by atoms with Crippen molar-refractivity contribution in [2.45, 2.75) is 76.7 Å². The number of ether oxygens (including phenoxy) is 1. The van der Waals surface area contributed by atoms with Crippen LogP contribution in [0, 0.1) is 11.8 Å². The first kappa shape index (κ1) is 27.2. The molecule has 1 saturated carbocycles. The fourth-order valence-corrected chi connectivity index (χ4v) is 4.20. The van der Waals surface area contributed by atoms with Gasteiger partial charge in [0, 0.05) is 18.7 Å². The molecule has 3 rings (SSSR count). The molecule has 2 heterocycles. The van der Waals surface area contributed by atoms with E-state index < -0.39 is 53.2 Å². The van der Waals surface area contributed by atoms with Crippen molar-refractivity contribution in [2.24, 2.45) is 17.6 Å². The number of nitrogens with two attached hydrogens (primary N) is 1. The number of aromatic nitrogens is 1. The van der Waals surface area contributed by atoms with Gasteiger partial charge in [0.25, 0.3) is 5.56 Å². The average molecular weight is 506 g/mol. The monoisotopic (exact) mass is 505 g/mol. The lowest BCUT2D eigenvalue weighted by Gasteiger charge is -2.27. The molecule has 36 heavy (non-hydrogen) atoms. The molecule has 12 nitrogen and oxygen atoms in total. The van der Waals surface area contributed by atoms with Gasteiger partial charge in [-0.2, -0.15) is 0 Å². The van der Waals surface area contributed by atoms with Crippen LogP contribution in [-0.4, -0.2) is 57.8 Å². The Balaban J connectivity index is 1.84. The summed E-state index contributed by atoms with van der Waals surface area (Å²) in [4.78, 5) is 62.6. The second kappa shape index (κ2) is 11.1. The molecular formula is C24H35N5O7. The largest absolute Gasteiger partial charge is 0.444 e. The molecule has 198 valence electrons. The van der Waals surface area contributed by atoms with E-state index in [9.17, 15) is 29.1 Å². The molecule has 1 aromatic heterocycles. The molecule has 0 unspecified atom stereocenters. The van der Waals surface area contributed by atoms with Crippen LogP contribution in [0.5, 0.6) is 0 Å². The zero-order chi connectivity index (χ0) is 26.6. The van der Waals surface area contributed by atoms with Crippen molar-refractivity contribution in [1.82, 2.24) is 15.2 Å². The van der Waals surface area contributed by atoms with Gasteiger partial charge in [0.05, 0.1) is 6.04 Å². The number of carbonyl (C=O) groups is 4. The number of aliphatic hydroxyl groups is 1. The molecule has 1 aliphatic heterocycles. The Kier molecular flexibility index (Phi) is 8.39. The lowest BCUT2D eigenvalue weighted by Crippen LogP contribution is -2.52. The van der Waals surface area contributed by atoms with Crippen molar-refractivity contribution in [2.75, 3.05) is 11.9 Å². The maximum atomic E-state index is 13.4. The smallest absolute Gasteiger partial charge is 0.412 e. The van der Waals surface area contributed by atoms with Crippen LogP contribution < -0.4 is 27.2 Å². The number of amides is 4. The van der Waals surface area contributed by atoms with Crippen LogP contribution in [0.4, 0.5) is 10.5 Å². The van der Waals surface area contributed by atoms with Crippen LogP contribution in [0.3, 0.4) is 0 Å². The Morgan fingerprint density at radius 1 is 1.22 bits per heavy atom. The highest BCUT2D eigenvalue weighted by molar-refractivity contribution is 5.86. The van der Waals surface area contributed by atoms with Crippen LogP contribution in [0.15, 0.2) is 23.1 Å². The van der Waals surface area contributed by atoms with Crippen LogP contribution in [0.1, 0.15) is 58.9 Å². The number of hydrogen-bond acceptors (Lipinski definition) is 7. The van der Waals surface area contributed by atoms with Crippen molar-refractivity contribution in [1.29, 1.82) is 0 Å². The van der Waals surface area contributed by atoms with Crippen LogP contribution in [0.25, 0.3) is 0 Å². The summed E-state index contributed by atoms with van der Waals surface area (Å²) in [7, 11) is 0. The molecule has 0 spiro atoms. The Hall–Kier alpha value is -3.41. The fourth-order valence-electron chi connectivity index (χ4n) is 4.20. The number of aliphatic hydroxyl groups excluding tert-OH is 1. The molecular weight excluding hydrogens is 470 g/mol. The van der Waals surface area contributed by atoms with E-state index >= 15 is 0 Å². The molecule has 0 aromatic carbocycles. The zero-order valence-corrected chi connectivity index (χ0v) is 20.8. The topological polar surface area (TPSA) is 182 Å². The summed E-state index contributed by atoms with van der Waals surface area (Å²) in [6.07, 6.45) is 1.62. The summed E-state index contributed by atoms with van der Waals surface area (Å²) in [6.45, 7) is 5.54. The normalized spacial score (nSPS) is 20.1. The van der Waals surface area contributed by atoms with E-state index in [-0.39, 0.29) is 23.9 Å². The van der Waals surface area contributed by atoms with Gasteiger partial charge in [0.2, 0.25) is 17.7 Å². The van der Waals surface area contributed by atoms with Crippen molar-refractivity contribution in [3.8, 4) is 0 Å². The summed E-state index contributed by atoms with van der Waals surface area (Å²) >= 11 is 0. The predicted molar refractivity (Wildman–Crippen MR) is 130 cm³/mol. The quantitative estimate of drug-likeness (QED) is 0.305. The van der Waals surface area contributed by atoms with Gasteiger partial charge in [-0.15, -0.1) is 0 Å². The highest BCUT2D eigenvalue weighted by Gasteiger charge is 2.37. The van der Waals surface area contributed by atoms with Crippen molar-refractivity contribution >= 4 is 29.5 Å². The molecule has 6 N–H and O–H groups in total. The van der Waals surface area contributed by atoms with Gasteiger partial charge in [0.1, 0.15) is 17.3 Å². The SMILES string of the molecule is CC(C)(C)OC(=O)Nc1cccn([C@@H](CC2CC2)C(=O)N[C@@H](C[C@@H]2CCNC2=O)[C@@H](O)C(N)=O)c1=O. The summed E-state index contributed by atoms with van der Waals surface area (Å²) in [6, 6.07) is 0.863. The molecule has 2 aliphatic rings. The molecule has 12 heteroatoms. The Labute approximate surface area is 208 Å². The standard InChI is InChI=1S/C24H35N5O7/c1-24(2,3)36-23(35)28-15-5-4-10-29(22(15)34)17(11-13-6-7-13)21(33)27-16(18(30)19(25)31)12-14-8-9-26-20(14)32/h4-5,10,13-14,16-18,30H,6-9,11-12H2,1-3H3,(H2,25,31)(H,26,32)(H,27,33)(H,28,35)/t14-,16-,17-,18+/m0/s1. The first-order valence-corrected chi connectivity index (χ1v) is 12.1. The Morgan fingerprint density at radius 3 is 2.47 bits per heavy atom. The first-order chi connectivity index (χ1) is 16.9. The molecule has 2 fully saturated rings. The van der Waals surface area contributed by atoms with Crippen LogP contribution in [-0.2, 0) is 19.1 Å². The van der Waals surface area contributed by atoms with E-state index in [1.807, 2.05) is 0 Å². The summed E-state index contributed by atoms with van der Waals surface area (Å²) in [5.41, 5.74) is 3.86. The van der Waals surface area contributed by atoms with E-state index in [0.29, 0.717) is 19.4 Å². The van der Waals surface area contributed by atoms with Crippen molar-refractivity contribution < 1.29 is 29.0 Å². The third kappa shape index (κ3) is 7.30. The minimum Gasteiger partial charge on any atom is -0.444 e. The Morgan fingerprint density at radius 2 is 1.92 bits per heavy atom. The maximum Gasteiger partial charge on any atom is 0.412 e. The van der Waals surface area contributed by atoms with Crippen LogP contribution in [0.2, 0.25) is 0 Å². The third-order valence-corrected chi connectivity index (χ3v) is 6.20. The summed E-state index contributed by atoms with van der Waals surface area (Å²) < 4.78 is 6.43. The minimum absolute atomic E-state index is 0.0208. The summed E-state index contributed by atoms with van der Waals surface area (Å²) in [5.74, 6) is -2.11. The molecule has 4 amide bonds. The van der Waals surface area contributed by atoms with E-state index in [4.69, 9.17) is 10.5 Å². The van der Waals surface area contributed by atoms with Gasteiger partial charge in [-0.1, -0.05) is 12.8 Å². The lowest BCUT2D eigenvalue weighted by molar-refractivity contribution is -0.132. The molecule has 0 radical (unpaired) electrons. The minimum atomic E-state index is -1.71. The zero-order valence-electron chi connectivity index (χ0n) is 20.8. The number of pyridine rings is 1. The number of nitrogens with zero attached hydrogens (tertiary/aromatic N) is 1. The van der Waals surface area contributed by atoms with Crippen molar-refractivity contribution in [3.63, 3.8) is 0 Å². The van der Waals surface area contributed by atoms with E-state index in [1.165, 1.54) is 22.9 Å². The number of nitrogens with one attached hydrogen (secondary N) is 3. The molecule has 1 saturated heterocycles. The number of rotatable bonds is 10.